The Hall–Kier alpha value is -2.94. The molecule has 0 aliphatic carbocycles. The van der Waals surface area contributed by atoms with Gasteiger partial charge in [0.1, 0.15) is 0 Å². The molecular formula is C19H14F4N2O2S. The number of carbonyl (C=O) groups excluding carboxylic acids is 1. The van der Waals surface area contributed by atoms with Gasteiger partial charge in [0, 0.05) is 23.1 Å². The van der Waals surface area contributed by atoms with E-state index in [0.717, 1.165) is 29.5 Å². The van der Waals surface area contributed by atoms with Crippen LogP contribution in [0, 0.1) is 5.82 Å². The number of rotatable bonds is 5. The van der Waals surface area contributed by atoms with Gasteiger partial charge in [-0.1, -0.05) is 18.2 Å². The minimum absolute atomic E-state index is 0.0224. The van der Waals surface area contributed by atoms with Crippen LogP contribution < -0.4 is 10.1 Å². The number of thiazole rings is 1. The summed E-state index contributed by atoms with van der Waals surface area (Å²) in [5.74, 6) is -1.20. The van der Waals surface area contributed by atoms with Crippen molar-refractivity contribution in [1.82, 2.24) is 4.98 Å². The highest BCUT2D eigenvalue weighted by Crippen LogP contribution is 2.30. The highest BCUT2D eigenvalue weighted by atomic mass is 32.1. The predicted molar refractivity (Wildman–Crippen MR) is 97.3 cm³/mol. The summed E-state index contributed by atoms with van der Waals surface area (Å²) < 4.78 is 56.9. The Kier molecular flexibility index (Phi) is 5.64. The van der Waals surface area contributed by atoms with Crippen LogP contribution in [0.2, 0.25) is 0 Å². The van der Waals surface area contributed by atoms with E-state index < -0.39 is 23.5 Å². The Morgan fingerprint density at radius 2 is 2.00 bits per heavy atom. The van der Waals surface area contributed by atoms with Crippen molar-refractivity contribution in [2.45, 2.75) is 12.6 Å². The second-order valence-corrected chi connectivity index (χ2v) is 6.93. The molecule has 0 saturated heterocycles. The lowest BCUT2D eigenvalue weighted by Crippen LogP contribution is -2.12. The van der Waals surface area contributed by atoms with Crippen molar-refractivity contribution in [3.8, 4) is 5.75 Å². The molecule has 4 nitrogen and oxygen atoms in total. The molecule has 1 amide bonds. The monoisotopic (exact) mass is 410 g/mol. The lowest BCUT2D eigenvalue weighted by molar-refractivity contribution is -0.137. The van der Waals surface area contributed by atoms with Crippen LogP contribution in [0.15, 0.2) is 48.7 Å². The molecule has 0 spiro atoms. The van der Waals surface area contributed by atoms with Gasteiger partial charge in [-0.15, -0.1) is 11.3 Å². The van der Waals surface area contributed by atoms with E-state index in [4.69, 9.17) is 4.74 Å². The maximum atomic E-state index is 13.7. The smallest absolute Gasteiger partial charge is 0.416 e. The zero-order valence-electron chi connectivity index (χ0n) is 14.5. The number of hydrogen-bond donors (Lipinski definition) is 1. The molecule has 1 aromatic heterocycles. The van der Waals surface area contributed by atoms with Crippen molar-refractivity contribution in [2.75, 3.05) is 12.4 Å². The Morgan fingerprint density at radius 3 is 2.68 bits per heavy atom. The molecule has 0 aliphatic heterocycles. The van der Waals surface area contributed by atoms with Crippen molar-refractivity contribution in [3.63, 3.8) is 0 Å². The van der Waals surface area contributed by atoms with Crippen LogP contribution in [-0.4, -0.2) is 18.0 Å². The van der Waals surface area contributed by atoms with Gasteiger partial charge in [-0.2, -0.15) is 13.2 Å². The van der Waals surface area contributed by atoms with Crippen LogP contribution >= 0.6 is 11.3 Å². The fourth-order valence-corrected chi connectivity index (χ4v) is 3.32. The molecule has 28 heavy (non-hydrogen) atoms. The third-order valence-electron chi connectivity index (χ3n) is 3.82. The predicted octanol–water partition coefficient (Wildman–Crippen LogP) is 5.15. The lowest BCUT2D eigenvalue weighted by atomic mass is 10.1. The first-order chi connectivity index (χ1) is 13.3. The van der Waals surface area contributed by atoms with Gasteiger partial charge in [-0.3, -0.25) is 10.1 Å². The Morgan fingerprint density at radius 1 is 1.21 bits per heavy atom. The maximum Gasteiger partial charge on any atom is 0.416 e. The molecule has 0 radical (unpaired) electrons. The molecule has 0 unspecified atom stereocenters. The normalized spacial score (nSPS) is 11.3. The molecule has 3 aromatic rings. The topological polar surface area (TPSA) is 51.2 Å². The number of nitrogens with zero attached hydrogens (tertiary/aromatic N) is 1. The van der Waals surface area contributed by atoms with E-state index in [9.17, 15) is 22.4 Å². The third-order valence-corrected chi connectivity index (χ3v) is 4.73. The van der Waals surface area contributed by atoms with Gasteiger partial charge in [0.05, 0.1) is 12.7 Å². The second-order valence-electron chi connectivity index (χ2n) is 5.81. The van der Waals surface area contributed by atoms with Crippen molar-refractivity contribution in [2.24, 2.45) is 0 Å². The summed E-state index contributed by atoms with van der Waals surface area (Å²) in [6, 6.07) is 8.83. The molecular weight excluding hydrogens is 396 g/mol. The molecule has 0 saturated carbocycles. The van der Waals surface area contributed by atoms with Crippen LogP contribution in [0.5, 0.6) is 5.75 Å². The summed E-state index contributed by atoms with van der Waals surface area (Å²) in [5.41, 5.74) is -0.147. The Bertz CT molecular complexity index is 1000. The Labute approximate surface area is 161 Å². The van der Waals surface area contributed by atoms with E-state index in [2.05, 4.69) is 10.3 Å². The van der Waals surface area contributed by atoms with Crippen LogP contribution in [0.1, 0.15) is 26.4 Å². The highest BCUT2D eigenvalue weighted by Gasteiger charge is 2.30. The largest absolute Gasteiger partial charge is 0.494 e. The molecule has 146 valence electrons. The molecule has 0 fully saturated rings. The standard InChI is InChI=1S/C19H14F4N2O2S/c1-27-16-6-5-12(9-15(16)20)17(26)25-18-24-10-14(28-18)8-11-3-2-4-13(7-11)19(21,22)23/h2-7,9-10H,8H2,1H3,(H,24,25,26). The number of aromatic nitrogens is 1. The zero-order chi connectivity index (χ0) is 20.3. The number of carbonyl (C=O) groups is 1. The van der Waals surface area contributed by atoms with Gasteiger partial charge in [-0.05, 0) is 29.8 Å². The van der Waals surface area contributed by atoms with Gasteiger partial charge in [0.25, 0.3) is 5.91 Å². The third kappa shape index (κ3) is 4.66. The van der Waals surface area contributed by atoms with Crippen LogP contribution in [0.25, 0.3) is 0 Å². The zero-order valence-corrected chi connectivity index (χ0v) is 15.3. The van der Waals surface area contributed by atoms with E-state index in [1.165, 1.54) is 31.5 Å². The number of methoxy groups -OCH3 is 1. The number of alkyl halides is 3. The summed E-state index contributed by atoms with van der Waals surface area (Å²) in [6.45, 7) is 0. The fourth-order valence-electron chi connectivity index (χ4n) is 2.48. The second kappa shape index (κ2) is 7.97. The Balaban J connectivity index is 1.69. The SMILES string of the molecule is COc1ccc(C(=O)Nc2ncc(Cc3cccc(C(F)(F)F)c3)s2)cc1F. The number of nitrogens with one attached hydrogen (secondary N) is 1. The summed E-state index contributed by atoms with van der Waals surface area (Å²) in [5, 5.41) is 2.81. The van der Waals surface area contributed by atoms with Crippen molar-refractivity contribution in [3.05, 3.63) is 76.0 Å². The maximum absolute atomic E-state index is 13.7. The molecule has 0 aliphatic rings. The first kappa shape index (κ1) is 19.8. The number of ether oxygens (including phenoxy) is 1. The minimum Gasteiger partial charge on any atom is -0.494 e. The van der Waals surface area contributed by atoms with Crippen molar-refractivity contribution in [1.29, 1.82) is 0 Å². The summed E-state index contributed by atoms with van der Waals surface area (Å²) in [4.78, 5) is 16.9. The van der Waals surface area contributed by atoms with E-state index in [-0.39, 0.29) is 22.9 Å². The van der Waals surface area contributed by atoms with E-state index in [1.807, 2.05) is 0 Å². The molecule has 9 heteroatoms. The van der Waals surface area contributed by atoms with Crippen LogP contribution in [0.3, 0.4) is 0 Å². The van der Waals surface area contributed by atoms with E-state index >= 15 is 0 Å². The molecule has 1 N–H and O–H groups in total. The quantitative estimate of drug-likeness (QED) is 0.592. The van der Waals surface area contributed by atoms with Crippen LogP contribution in [-0.2, 0) is 12.6 Å². The van der Waals surface area contributed by atoms with Gasteiger partial charge < -0.3 is 4.74 Å². The molecule has 1 heterocycles. The van der Waals surface area contributed by atoms with Gasteiger partial charge >= 0.3 is 6.18 Å². The number of halogens is 4. The highest BCUT2D eigenvalue weighted by molar-refractivity contribution is 7.15. The van der Waals surface area contributed by atoms with E-state index in [0.29, 0.717) is 10.4 Å². The summed E-state index contributed by atoms with van der Waals surface area (Å²) >= 11 is 1.13. The van der Waals surface area contributed by atoms with Crippen LogP contribution in [0.4, 0.5) is 22.7 Å². The van der Waals surface area contributed by atoms with Gasteiger partial charge in [-0.25, -0.2) is 9.37 Å². The fraction of sp³-hybridized carbons (Fsp3) is 0.158. The van der Waals surface area contributed by atoms with Crippen molar-refractivity contribution >= 4 is 22.4 Å². The van der Waals surface area contributed by atoms with Crippen molar-refractivity contribution < 1.29 is 27.1 Å². The lowest BCUT2D eigenvalue weighted by Gasteiger charge is -2.07. The van der Waals surface area contributed by atoms with Gasteiger partial charge in [0.2, 0.25) is 0 Å². The van der Waals surface area contributed by atoms with Gasteiger partial charge in [0.15, 0.2) is 16.7 Å². The number of amides is 1. The minimum atomic E-state index is -4.41. The summed E-state index contributed by atoms with van der Waals surface area (Å²) in [7, 11) is 1.32. The molecule has 3 rings (SSSR count). The number of hydrogen-bond acceptors (Lipinski definition) is 4. The first-order valence-electron chi connectivity index (χ1n) is 8.02. The number of anilines is 1. The number of benzene rings is 2. The first-order valence-corrected chi connectivity index (χ1v) is 8.83. The molecule has 0 atom stereocenters. The average Bonchev–Trinajstić information content (AvgIpc) is 3.08. The average molecular weight is 410 g/mol. The van der Waals surface area contributed by atoms with E-state index in [1.54, 1.807) is 6.07 Å². The molecule has 0 bridgehead atoms. The molecule has 2 aromatic carbocycles. The summed E-state index contributed by atoms with van der Waals surface area (Å²) in [6.07, 6.45) is -2.68.